The van der Waals surface area contributed by atoms with Gasteiger partial charge in [0.25, 0.3) is 5.91 Å². The molecule has 2 aromatic carbocycles. The van der Waals surface area contributed by atoms with Crippen molar-refractivity contribution in [2.24, 2.45) is 0 Å². The number of nitrogens with zero attached hydrogens (tertiary/aromatic N) is 1. The van der Waals surface area contributed by atoms with Crippen LogP contribution in [-0.4, -0.2) is 25.1 Å². The zero-order valence-corrected chi connectivity index (χ0v) is 12.9. The topological polar surface area (TPSA) is 60.5 Å². The van der Waals surface area contributed by atoms with Gasteiger partial charge < -0.3 is 9.47 Å². The van der Waals surface area contributed by atoms with E-state index < -0.39 is 0 Å². The molecule has 0 unspecified atom stereocenters. The maximum atomic E-state index is 12.1. The first-order chi connectivity index (χ1) is 10.7. The van der Waals surface area contributed by atoms with Crippen LogP contribution in [0, 0.1) is 0 Å². The molecule has 1 aromatic heterocycles. The third-order valence-corrected chi connectivity index (χ3v) is 4.08. The number of nitrogens with one attached hydrogen (secondary N) is 1. The lowest BCUT2D eigenvalue weighted by atomic mass is 10.2. The van der Waals surface area contributed by atoms with Crippen LogP contribution in [-0.2, 0) is 0 Å². The minimum Gasteiger partial charge on any atom is -0.493 e. The Labute approximate surface area is 131 Å². The molecule has 5 nitrogen and oxygen atoms in total. The van der Waals surface area contributed by atoms with Gasteiger partial charge in [-0.1, -0.05) is 29.5 Å². The molecule has 0 aliphatic heterocycles. The maximum absolute atomic E-state index is 12.1. The lowest BCUT2D eigenvalue weighted by molar-refractivity contribution is 0.102. The Morgan fingerprint density at radius 1 is 1.09 bits per heavy atom. The summed E-state index contributed by atoms with van der Waals surface area (Å²) in [6, 6.07) is 12.7. The Balaban J connectivity index is 1.90. The van der Waals surface area contributed by atoms with Crippen LogP contribution in [0.1, 0.15) is 10.4 Å². The maximum Gasteiger partial charge on any atom is 0.257 e. The third kappa shape index (κ3) is 2.73. The number of hydrogen-bond acceptors (Lipinski definition) is 5. The van der Waals surface area contributed by atoms with Crippen LogP contribution in [0.2, 0.25) is 0 Å². The van der Waals surface area contributed by atoms with E-state index in [4.69, 9.17) is 9.47 Å². The molecule has 0 saturated carbocycles. The monoisotopic (exact) mass is 314 g/mol. The lowest BCUT2D eigenvalue weighted by Gasteiger charge is -2.05. The highest BCUT2D eigenvalue weighted by Gasteiger charge is 2.13. The van der Waals surface area contributed by atoms with E-state index in [1.54, 1.807) is 32.4 Å². The molecule has 1 amide bonds. The van der Waals surface area contributed by atoms with Crippen LogP contribution in [0.25, 0.3) is 10.2 Å². The molecule has 3 rings (SSSR count). The van der Waals surface area contributed by atoms with Gasteiger partial charge in [-0.05, 0) is 12.1 Å². The predicted molar refractivity (Wildman–Crippen MR) is 87.1 cm³/mol. The van der Waals surface area contributed by atoms with Gasteiger partial charge in [0.2, 0.25) is 0 Å². The van der Waals surface area contributed by atoms with Crippen LogP contribution < -0.4 is 14.8 Å². The molecule has 0 spiro atoms. The van der Waals surface area contributed by atoms with Gasteiger partial charge in [-0.2, -0.15) is 0 Å². The number of benzene rings is 2. The predicted octanol–water partition coefficient (Wildman–Crippen LogP) is 3.57. The average Bonchev–Trinajstić information content (AvgIpc) is 2.95. The normalized spacial score (nSPS) is 10.5. The molecule has 6 heteroatoms. The number of carbonyl (C=O) groups excluding carboxylic acids is 1. The SMILES string of the molecule is COc1cc2nc(NC(=O)c3ccccc3)sc2cc1OC. The van der Waals surface area contributed by atoms with Crippen molar-refractivity contribution in [1.29, 1.82) is 0 Å². The van der Waals surface area contributed by atoms with Gasteiger partial charge in [0.15, 0.2) is 16.6 Å². The number of anilines is 1. The Hall–Kier alpha value is -2.60. The Kier molecular flexibility index (Phi) is 3.93. The summed E-state index contributed by atoms with van der Waals surface area (Å²) in [6.45, 7) is 0. The summed E-state index contributed by atoms with van der Waals surface area (Å²) in [4.78, 5) is 16.6. The van der Waals surface area contributed by atoms with Crippen molar-refractivity contribution in [3.8, 4) is 11.5 Å². The molecule has 0 aliphatic rings. The molecular weight excluding hydrogens is 300 g/mol. The van der Waals surface area contributed by atoms with E-state index in [0.29, 0.717) is 22.2 Å². The minimum absolute atomic E-state index is 0.182. The van der Waals surface area contributed by atoms with E-state index in [9.17, 15) is 4.79 Å². The van der Waals surface area contributed by atoms with Crippen molar-refractivity contribution >= 4 is 32.6 Å². The molecule has 0 fully saturated rings. The molecule has 0 saturated heterocycles. The van der Waals surface area contributed by atoms with Gasteiger partial charge in [0.05, 0.1) is 24.4 Å². The molecule has 22 heavy (non-hydrogen) atoms. The largest absolute Gasteiger partial charge is 0.493 e. The smallest absolute Gasteiger partial charge is 0.257 e. The number of amides is 1. The fraction of sp³-hybridized carbons (Fsp3) is 0.125. The van der Waals surface area contributed by atoms with Crippen LogP contribution >= 0.6 is 11.3 Å². The molecule has 3 aromatic rings. The first-order valence-electron chi connectivity index (χ1n) is 6.60. The minimum atomic E-state index is -0.182. The summed E-state index contributed by atoms with van der Waals surface area (Å²) in [5, 5.41) is 3.35. The van der Waals surface area contributed by atoms with Gasteiger partial charge in [-0.3, -0.25) is 10.1 Å². The summed E-state index contributed by atoms with van der Waals surface area (Å²) in [5.74, 6) is 1.07. The van der Waals surface area contributed by atoms with Crippen molar-refractivity contribution < 1.29 is 14.3 Å². The molecule has 112 valence electrons. The van der Waals surface area contributed by atoms with Crippen molar-refractivity contribution in [3.05, 3.63) is 48.0 Å². The number of thiazole rings is 1. The quantitative estimate of drug-likeness (QED) is 0.800. The third-order valence-electron chi connectivity index (χ3n) is 3.15. The molecule has 0 aliphatic carbocycles. The first kappa shape index (κ1) is 14.3. The highest BCUT2D eigenvalue weighted by atomic mass is 32.1. The number of carbonyl (C=O) groups is 1. The Morgan fingerprint density at radius 3 is 2.45 bits per heavy atom. The Bertz CT molecular complexity index is 774. The number of ether oxygens (including phenoxy) is 2. The number of methoxy groups -OCH3 is 2. The van der Waals surface area contributed by atoms with E-state index in [-0.39, 0.29) is 5.91 Å². The second-order valence-corrected chi connectivity index (χ2v) is 5.54. The molecule has 0 atom stereocenters. The first-order valence-corrected chi connectivity index (χ1v) is 7.42. The van der Waals surface area contributed by atoms with E-state index in [1.807, 2.05) is 24.3 Å². The zero-order chi connectivity index (χ0) is 15.5. The highest BCUT2D eigenvalue weighted by molar-refractivity contribution is 7.22. The van der Waals surface area contributed by atoms with Gasteiger partial charge in [-0.15, -0.1) is 0 Å². The lowest BCUT2D eigenvalue weighted by Crippen LogP contribution is -2.11. The zero-order valence-electron chi connectivity index (χ0n) is 12.1. The molecule has 1 N–H and O–H groups in total. The van der Waals surface area contributed by atoms with E-state index in [2.05, 4.69) is 10.3 Å². The molecule has 1 heterocycles. The second-order valence-electron chi connectivity index (χ2n) is 4.51. The molecule has 0 radical (unpaired) electrons. The van der Waals surface area contributed by atoms with Crippen molar-refractivity contribution in [1.82, 2.24) is 4.98 Å². The standard InChI is InChI=1S/C16H14N2O3S/c1-20-12-8-11-14(9-13(12)21-2)22-16(17-11)18-15(19)10-6-4-3-5-7-10/h3-9H,1-2H3,(H,17,18,19). The number of aromatic nitrogens is 1. The van der Waals surface area contributed by atoms with Gasteiger partial charge in [0, 0.05) is 17.7 Å². The molecular formula is C16H14N2O3S. The number of hydrogen-bond donors (Lipinski definition) is 1. The number of fused-ring (bicyclic) bond motifs is 1. The van der Waals surface area contributed by atoms with E-state index in [1.165, 1.54) is 11.3 Å². The fourth-order valence-corrected chi connectivity index (χ4v) is 2.94. The summed E-state index contributed by atoms with van der Waals surface area (Å²) < 4.78 is 11.4. The summed E-state index contributed by atoms with van der Waals surface area (Å²) in [6.07, 6.45) is 0. The molecule has 0 bridgehead atoms. The summed E-state index contributed by atoms with van der Waals surface area (Å²) in [5.41, 5.74) is 1.35. The van der Waals surface area contributed by atoms with Crippen LogP contribution in [0.15, 0.2) is 42.5 Å². The summed E-state index contributed by atoms with van der Waals surface area (Å²) in [7, 11) is 3.16. The van der Waals surface area contributed by atoms with E-state index in [0.717, 1.165) is 10.2 Å². The highest BCUT2D eigenvalue weighted by Crippen LogP contribution is 2.36. The van der Waals surface area contributed by atoms with Crippen LogP contribution in [0.4, 0.5) is 5.13 Å². The van der Waals surface area contributed by atoms with Crippen molar-refractivity contribution in [2.75, 3.05) is 19.5 Å². The van der Waals surface area contributed by atoms with Crippen molar-refractivity contribution in [3.63, 3.8) is 0 Å². The van der Waals surface area contributed by atoms with Crippen LogP contribution in [0.3, 0.4) is 0 Å². The van der Waals surface area contributed by atoms with Gasteiger partial charge in [0.1, 0.15) is 0 Å². The second kappa shape index (κ2) is 6.03. The fourth-order valence-electron chi connectivity index (χ4n) is 2.07. The number of rotatable bonds is 4. The Morgan fingerprint density at radius 2 is 1.77 bits per heavy atom. The van der Waals surface area contributed by atoms with Crippen molar-refractivity contribution in [2.45, 2.75) is 0 Å². The van der Waals surface area contributed by atoms with Crippen LogP contribution in [0.5, 0.6) is 11.5 Å². The van der Waals surface area contributed by atoms with E-state index >= 15 is 0 Å². The average molecular weight is 314 g/mol. The van der Waals surface area contributed by atoms with Gasteiger partial charge in [-0.25, -0.2) is 4.98 Å². The summed E-state index contributed by atoms with van der Waals surface area (Å²) >= 11 is 1.39. The van der Waals surface area contributed by atoms with Gasteiger partial charge >= 0.3 is 0 Å².